The molecule has 1 heterocycles. The fourth-order valence-electron chi connectivity index (χ4n) is 9.05. The predicted molar refractivity (Wildman–Crippen MR) is 186 cm³/mol. The second-order valence-electron chi connectivity index (χ2n) is 13.9. The molecule has 48 heavy (non-hydrogen) atoms. The number of ether oxygens (including phenoxy) is 2. The van der Waals surface area contributed by atoms with Crippen molar-refractivity contribution in [3.63, 3.8) is 0 Å². The van der Waals surface area contributed by atoms with Crippen LogP contribution in [0.25, 0.3) is 16.8 Å². The maximum absolute atomic E-state index is 13.8. The minimum atomic E-state index is -0.768. The van der Waals surface area contributed by atoms with Gasteiger partial charge < -0.3 is 9.47 Å². The first-order chi connectivity index (χ1) is 23.3. The number of hydrogen-bond acceptors (Lipinski definition) is 5. The summed E-state index contributed by atoms with van der Waals surface area (Å²) in [7, 11) is 0. The van der Waals surface area contributed by atoms with Gasteiger partial charge in [-0.3, -0.25) is 14.9 Å². The van der Waals surface area contributed by atoms with Crippen molar-refractivity contribution in [1.29, 1.82) is 0 Å². The molecule has 5 fully saturated rings. The normalized spacial score (nSPS) is 25.5. The molecule has 5 aliphatic rings. The summed E-state index contributed by atoms with van der Waals surface area (Å²) in [4.78, 5) is 40.8. The summed E-state index contributed by atoms with van der Waals surface area (Å²) in [5, 5.41) is 4.86. The molecule has 0 unspecified atom stereocenters. The van der Waals surface area contributed by atoms with Gasteiger partial charge in [0.25, 0.3) is 11.8 Å². The van der Waals surface area contributed by atoms with Gasteiger partial charge >= 0.3 is 6.03 Å². The average Bonchev–Trinajstić information content (AvgIpc) is 3.06. The Morgan fingerprint density at radius 2 is 1.54 bits per heavy atom. The Labute approximate surface area is 284 Å². The molecule has 9 rings (SSSR count). The molecule has 244 valence electrons. The van der Waals surface area contributed by atoms with Crippen LogP contribution < -0.4 is 19.7 Å². The summed E-state index contributed by atoms with van der Waals surface area (Å²) in [6.45, 7) is 2.47. The van der Waals surface area contributed by atoms with Gasteiger partial charge in [0, 0.05) is 0 Å². The minimum Gasteiger partial charge on any atom is -0.490 e. The van der Waals surface area contributed by atoms with Gasteiger partial charge in [-0.25, -0.2) is 9.69 Å². The van der Waals surface area contributed by atoms with E-state index in [1.807, 2.05) is 43.3 Å². The lowest BCUT2D eigenvalue weighted by atomic mass is 9.48. The van der Waals surface area contributed by atoms with Crippen molar-refractivity contribution >= 4 is 52.0 Å². The molecule has 4 aromatic carbocycles. The molecule has 4 amide bonds. The summed E-state index contributed by atoms with van der Waals surface area (Å²) >= 11 is 6.71. The third kappa shape index (κ3) is 5.54. The molecular weight excluding hydrogens is 624 g/mol. The van der Waals surface area contributed by atoms with Gasteiger partial charge in [-0.2, -0.15) is 0 Å². The monoisotopic (exact) mass is 660 g/mol. The fourth-order valence-corrected chi connectivity index (χ4v) is 9.32. The molecular formula is C40H37ClN2O5. The maximum Gasteiger partial charge on any atom is 0.335 e. The number of rotatable bonds is 8. The molecule has 1 N–H and O–H groups in total. The van der Waals surface area contributed by atoms with E-state index >= 15 is 0 Å². The van der Waals surface area contributed by atoms with Gasteiger partial charge in [0.05, 0.1) is 17.3 Å². The van der Waals surface area contributed by atoms with Gasteiger partial charge in [0.15, 0.2) is 11.5 Å². The number of anilines is 1. The fraction of sp³-hybridized carbons (Fsp3) is 0.325. The number of benzene rings is 4. The van der Waals surface area contributed by atoms with Gasteiger partial charge in [-0.05, 0) is 132 Å². The van der Waals surface area contributed by atoms with E-state index in [0.717, 1.165) is 39.0 Å². The van der Waals surface area contributed by atoms with Crippen LogP contribution in [0, 0.1) is 17.8 Å². The van der Waals surface area contributed by atoms with Crippen molar-refractivity contribution in [1.82, 2.24) is 5.32 Å². The number of fused-ring (bicyclic) bond motifs is 1. The zero-order chi connectivity index (χ0) is 33.0. The smallest absolute Gasteiger partial charge is 0.335 e. The lowest BCUT2D eigenvalue weighted by molar-refractivity contribution is -0.122. The molecule has 1 aliphatic heterocycles. The molecule has 1 saturated heterocycles. The lowest BCUT2D eigenvalue weighted by Gasteiger charge is -2.57. The quantitative estimate of drug-likeness (QED) is 0.151. The summed E-state index contributed by atoms with van der Waals surface area (Å²) < 4.78 is 12.0. The third-order valence-electron chi connectivity index (χ3n) is 10.7. The highest BCUT2D eigenvalue weighted by Gasteiger charge is 2.51. The van der Waals surface area contributed by atoms with Gasteiger partial charge in [-0.1, -0.05) is 60.1 Å². The number of nitrogens with zero attached hydrogens (tertiary/aromatic N) is 1. The second kappa shape index (κ2) is 12.1. The zero-order valence-electron chi connectivity index (χ0n) is 26.8. The first-order valence-electron chi connectivity index (χ1n) is 16.9. The first-order valence-corrected chi connectivity index (χ1v) is 17.3. The highest BCUT2D eigenvalue weighted by molar-refractivity contribution is 6.39. The number of halogens is 1. The highest BCUT2D eigenvalue weighted by Crippen LogP contribution is 2.60. The summed E-state index contributed by atoms with van der Waals surface area (Å²) in [6, 6.07) is 24.6. The van der Waals surface area contributed by atoms with E-state index in [2.05, 4.69) is 35.6 Å². The van der Waals surface area contributed by atoms with Gasteiger partial charge in [0.1, 0.15) is 12.2 Å². The summed E-state index contributed by atoms with van der Waals surface area (Å²) in [5.41, 5.74) is 3.18. The van der Waals surface area contributed by atoms with Crippen LogP contribution in [0.2, 0.25) is 5.02 Å². The van der Waals surface area contributed by atoms with Crippen LogP contribution >= 0.6 is 11.6 Å². The minimum absolute atomic E-state index is 0.178. The Balaban J connectivity index is 1.04. The zero-order valence-corrected chi connectivity index (χ0v) is 27.6. The van der Waals surface area contributed by atoms with E-state index in [0.29, 0.717) is 29.4 Å². The molecule has 4 aromatic rings. The Kier molecular flexibility index (Phi) is 7.75. The molecule has 7 nitrogen and oxygen atoms in total. The topological polar surface area (TPSA) is 84.9 Å². The van der Waals surface area contributed by atoms with Crippen LogP contribution in [-0.2, 0) is 21.6 Å². The average molecular weight is 661 g/mol. The van der Waals surface area contributed by atoms with E-state index in [-0.39, 0.29) is 22.6 Å². The third-order valence-corrected chi connectivity index (χ3v) is 11.0. The number of imide groups is 2. The molecule has 0 atom stereocenters. The van der Waals surface area contributed by atoms with Crippen molar-refractivity contribution in [2.24, 2.45) is 17.8 Å². The van der Waals surface area contributed by atoms with Crippen LogP contribution in [0.5, 0.6) is 11.5 Å². The van der Waals surface area contributed by atoms with Crippen LogP contribution in [0.1, 0.15) is 62.1 Å². The number of nitrogens with one attached hydrogen (secondary N) is 1. The Morgan fingerprint density at radius 3 is 2.23 bits per heavy atom. The molecule has 4 saturated carbocycles. The van der Waals surface area contributed by atoms with E-state index < -0.39 is 17.8 Å². The molecule has 0 aromatic heterocycles. The lowest BCUT2D eigenvalue weighted by Crippen LogP contribution is -2.54. The van der Waals surface area contributed by atoms with E-state index in [9.17, 15) is 14.4 Å². The van der Waals surface area contributed by atoms with E-state index in [1.165, 1.54) is 50.2 Å². The van der Waals surface area contributed by atoms with Crippen LogP contribution in [0.3, 0.4) is 0 Å². The number of hydrogen-bond donors (Lipinski definition) is 1. The standard InChI is InChI=1S/C40H37ClN2O5/c1-2-47-35-19-25(18-34(41)36(35)48-23-24-7-8-29-5-3-4-6-30(29)16-24)17-33-37(44)42-39(46)43(38(33)45)32-11-9-31(10-12-32)40-20-26-13-27(21-40)15-28(14-26)22-40/h3-12,16-19,26-28H,2,13-15,20-23H2,1H3,(H,42,44,46)/b33-17+. The number of barbiturate groups is 1. The van der Waals surface area contributed by atoms with Crippen LogP contribution in [0.4, 0.5) is 10.5 Å². The van der Waals surface area contributed by atoms with Crippen LogP contribution in [-0.4, -0.2) is 24.5 Å². The van der Waals surface area contributed by atoms with Gasteiger partial charge in [0.2, 0.25) is 0 Å². The van der Waals surface area contributed by atoms with E-state index in [4.69, 9.17) is 21.1 Å². The molecule has 8 heteroatoms. The van der Waals surface area contributed by atoms with Crippen molar-refractivity contribution in [3.05, 3.63) is 106 Å². The first kappa shape index (κ1) is 30.7. The number of carbonyl (C=O) groups excluding carboxylic acids is 3. The van der Waals surface area contributed by atoms with Crippen molar-refractivity contribution in [2.75, 3.05) is 11.5 Å². The Morgan fingerprint density at radius 1 is 0.854 bits per heavy atom. The maximum atomic E-state index is 13.8. The predicted octanol–water partition coefficient (Wildman–Crippen LogP) is 8.61. The molecule has 4 aliphatic carbocycles. The Bertz CT molecular complexity index is 1950. The SMILES string of the molecule is CCOc1cc(/C=C2\C(=O)NC(=O)N(c3ccc(C45CC6CC(CC(C6)C4)C5)cc3)C2=O)cc(Cl)c1OCc1ccc2ccccc2c1. The number of urea groups is 1. The van der Waals surface area contributed by atoms with Crippen molar-refractivity contribution in [2.45, 2.75) is 57.5 Å². The van der Waals surface area contributed by atoms with Gasteiger partial charge in [-0.15, -0.1) is 0 Å². The van der Waals surface area contributed by atoms with Crippen molar-refractivity contribution in [3.8, 4) is 11.5 Å². The van der Waals surface area contributed by atoms with Crippen molar-refractivity contribution < 1.29 is 23.9 Å². The number of amides is 4. The summed E-state index contributed by atoms with van der Waals surface area (Å²) in [6.07, 6.45) is 9.19. The highest BCUT2D eigenvalue weighted by atomic mass is 35.5. The van der Waals surface area contributed by atoms with E-state index in [1.54, 1.807) is 12.1 Å². The molecule has 0 spiro atoms. The second-order valence-corrected chi connectivity index (χ2v) is 14.3. The Hall–Kier alpha value is -4.62. The molecule has 4 bridgehead atoms. The number of carbonyl (C=O) groups is 3. The van der Waals surface area contributed by atoms with Crippen LogP contribution in [0.15, 0.2) is 84.4 Å². The molecule has 0 radical (unpaired) electrons. The summed E-state index contributed by atoms with van der Waals surface area (Å²) in [5.74, 6) is 1.72. The largest absolute Gasteiger partial charge is 0.490 e.